The molecule has 0 heterocycles. The largest absolute Gasteiger partial charge is 0.412 e. The summed E-state index contributed by atoms with van der Waals surface area (Å²) in [4.78, 5) is 0. The summed E-state index contributed by atoms with van der Waals surface area (Å²) in [5, 5.41) is 0. The van der Waals surface area contributed by atoms with Gasteiger partial charge in [0.25, 0.3) is 0 Å². The number of hydrogen-bond donors (Lipinski definition) is 0. The van der Waals surface area contributed by atoms with Gasteiger partial charge < -0.3 is 5.48 Å². The fourth-order valence-corrected chi connectivity index (χ4v) is 0. The lowest BCUT2D eigenvalue weighted by atomic mass is 10.4. The summed E-state index contributed by atoms with van der Waals surface area (Å²) in [6.07, 6.45) is 1.72. The molecule has 0 aromatic rings. The van der Waals surface area contributed by atoms with Gasteiger partial charge in [0.1, 0.15) is 0 Å². The molecule has 1 heteroatoms. The van der Waals surface area contributed by atoms with Gasteiger partial charge in [-0.05, 0) is 6.92 Å². The topological polar surface area (TPSA) is 31.5 Å². The van der Waals surface area contributed by atoms with Crippen molar-refractivity contribution in [3.05, 3.63) is 24.8 Å². The van der Waals surface area contributed by atoms with Crippen LogP contribution in [0.15, 0.2) is 24.8 Å². The van der Waals surface area contributed by atoms with Crippen molar-refractivity contribution in [2.75, 3.05) is 0 Å². The molecular weight excluding hydrogens is 88.1 g/mol. The van der Waals surface area contributed by atoms with E-state index in [1.54, 1.807) is 6.08 Å². The first kappa shape index (κ1) is 16.1. The third-order valence-corrected chi connectivity index (χ3v) is 0.348. The smallest absolute Gasteiger partial charge is 0.0404 e. The molecule has 0 fully saturated rings. The average molecular weight is 102 g/mol. The molecule has 0 saturated carbocycles. The van der Waals surface area contributed by atoms with E-state index in [9.17, 15) is 0 Å². The number of rotatable bonds is 1. The first-order valence-electron chi connectivity index (χ1n) is 1.55. The second kappa shape index (κ2) is 9.06. The molecule has 0 aromatic heterocycles. The highest BCUT2D eigenvalue weighted by Gasteiger charge is 1.59. The molecular formula is C6H14O. The van der Waals surface area contributed by atoms with E-state index in [-0.39, 0.29) is 12.9 Å². The standard InChI is InChI=1S/C5H8.CH4.H2O/c1-4-5(2)3;;/h4H,1-2H2,3H3;1H4;1H2. The minimum atomic E-state index is 0. The molecule has 0 radical (unpaired) electrons. The minimum Gasteiger partial charge on any atom is -0.412 e. The fourth-order valence-electron chi connectivity index (χ4n) is 0. The van der Waals surface area contributed by atoms with Crippen molar-refractivity contribution >= 4 is 0 Å². The van der Waals surface area contributed by atoms with E-state index in [4.69, 9.17) is 0 Å². The third-order valence-electron chi connectivity index (χ3n) is 0.348. The molecule has 0 aliphatic carbocycles. The lowest BCUT2D eigenvalue weighted by molar-refractivity contribution is 0.824. The molecule has 0 rings (SSSR count). The number of allylic oxidation sites excluding steroid dienone is 2. The quantitative estimate of drug-likeness (QED) is 0.450. The molecule has 0 aromatic carbocycles. The second-order valence-corrected chi connectivity index (χ2v) is 1.05. The molecule has 44 valence electrons. The van der Waals surface area contributed by atoms with Crippen LogP contribution in [-0.2, 0) is 0 Å². The summed E-state index contributed by atoms with van der Waals surface area (Å²) >= 11 is 0. The Kier molecular flexibility index (Phi) is 20.9. The molecule has 0 atom stereocenters. The predicted molar refractivity (Wildman–Crippen MR) is 35.4 cm³/mol. The fraction of sp³-hybridized carbons (Fsp3) is 0.333. The molecule has 0 aliphatic rings. The molecule has 7 heavy (non-hydrogen) atoms. The van der Waals surface area contributed by atoms with Crippen LogP contribution in [0.1, 0.15) is 14.4 Å². The highest BCUT2D eigenvalue weighted by atomic mass is 16.0. The highest BCUT2D eigenvalue weighted by Crippen LogP contribution is 1.81. The Labute approximate surface area is 45.7 Å². The maximum atomic E-state index is 3.56. The molecule has 0 amide bonds. The van der Waals surface area contributed by atoms with Crippen LogP contribution < -0.4 is 0 Å². The van der Waals surface area contributed by atoms with Gasteiger partial charge in [-0.2, -0.15) is 0 Å². The Morgan fingerprint density at radius 3 is 1.71 bits per heavy atom. The Hall–Kier alpha value is -0.560. The summed E-state index contributed by atoms with van der Waals surface area (Å²) < 4.78 is 0. The van der Waals surface area contributed by atoms with Crippen LogP contribution >= 0.6 is 0 Å². The van der Waals surface area contributed by atoms with Crippen molar-refractivity contribution < 1.29 is 5.48 Å². The van der Waals surface area contributed by atoms with Gasteiger partial charge in [0.05, 0.1) is 0 Å². The summed E-state index contributed by atoms with van der Waals surface area (Å²) in [6, 6.07) is 0. The van der Waals surface area contributed by atoms with E-state index in [2.05, 4.69) is 13.2 Å². The summed E-state index contributed by atoms with van der Waals surface area (Å²) in [5.41, 5.74) is 1.02. The van der Waals surface area contributed by atoms with E-state index in [0.717, 1.165) is 5.57 Å². The van der Waals surface area contributed by atoms with Crippen molar-refractivity contribution in [2.24, 2.45) is 0 Å². The van der Waals surface area contributed by atoms with Crippen molar-refractivity contribution in [3.8, 4) is 0 Å². The Morgan fingerprint density at radius 1 is 1.57 bits per heavy atom. The number of hydrogen-bond acceptors (Lipinski definition) is 0. The van der Waals surface area contributed by atoms with Gasteiger partial charge in [-0.3, -0.25) is 0 Å². The normalized spacial score (nSPS) is 4.71. The molecule has 1 nitrogen and oxygen atoms in total. The second-order valence-electron chi connectivity index (χ2n) is 1.05. The lowest BCUT2D eigenvalue weighted by Crippen LogP contribution is -1.50. The van der Waals surface area contributed by atoms with E-state index in [1.165, 1.54) is 0 Å². The Balaban J connectivity index is -0.0000000800. The van der Waals surface area contributed by atoms with Gasteiger partial charge in [-0.15, -0.1) is 0 Å². The van der Waals surface area contributed by atoms with E-state index < -0.39 is 0 Å². The van der Waals surface area contributed by atoms with Crippen molar-refractivity contribution in [2.45, 2.75) is 14.4 Å². The van der Waals surface area contributed by atoms with Gasteiger partial charge >= 0.3 is 0 Å². The van der Waals surface area contributed by atoms with Gasteiger partial charge in [-0.1, -0.05) is 32.2 Å². The molecule has 0 bridgehead atoms. The maximum absolute atomic E-state index is 3.56. The third kappa shape index (κ3) is 31.0. The molecule has 0 saturated heterocycles. The van der Waals surface area contributed by atoms with Crippen molar-refractivity contribution in [1.29, 1.82) is 0 Å². The lowest BCUT2D eigenvalue weighted by Gasteiger charge is -1.71. The molecule has 2 N–H and O–H groups in total. The van der Waals surface area contributed by atoms with Crippen molar-refractivity contribution in [3.63, 3.8) is 0 Å². The van der Waals surface area contributed by atoms with E-state index >= 15 is 0 Å². The van der Waals surface area contributed by atoms with Crippen LogP contribution in [0, 0.1) is 0 Å². The SMILES string of the molecule is C.C=CC(=C)C.O. The zero-order valence-corrected chi connectivity index (χ0v) is 3.99. The average Bonchev–Trinajstić information content (AvgIpc) is 1.38. The van der Waals surface area contributed by atoms with Gasteiger partial charge in [0.2, 0.25) is 0 Å². The minimum absolute atomic E-state index is 0. The van der Waals surface area contributed by atoms with Crippen LogP contribution in [0.2, 0.25) is 0 Å². The Bertz CT molecular complexity index is 55.2. The van der Waals surface area contributed by atoms with Crippen molar-refractivity contribution in [1.82, 2.24) is 0 Å². The highest BCUT2D eigenvalue weighted by molar-refractivity contribution is 5.05. The zero-order valence-electron chi connectivity index (χ0n) is 3.99. The summed E-state index contributed by atoms with van der Waals surface area (Å²) in [6.45, 7) is 8.93. The zero-order chi connectivity index (χ0) is 4.28. The maximum Gasteiger partial charge on any atom is -0.0404 e. The molecule has 0 aliphatic heterocycles. The van der Waals surface area contributed by atoms with E-state index in [1.807, 2.05) is 6.92 Å². The first-order chi connectivity index (χ1) is 2.27. The first-order valence-corrected chi connectivity index (χ1v) is 1.55. The van der Waals surface area contributed by atoms with Gasteiger partial charge in [0.15, 0.2) is 0 Å². The van der Waals surface area contributed by atoms with Crippen LogP contribution in [0.5, 0.6) is 0 Å². The Morgan fingerprint density at radius 2 is 1.71 bits per heavy atom. The molecule has 0 unspecified atom stereocenters. The van der Waals surface area contributed by atoms with E-state index in [0.29, 0.717) is 0 Å². The van der Waals surface area contributed by atoms with Crippen LogP contribution in [0.25, 0.3) is 0 Å². The summed E-state index contributed by atoms with van der Waals surface area (Å²) in [5.74, 6) is 0. The van der Waals surface area contributed by atoms with Gasteiger partial charge in [0, 0.05) is 0 Å². The summed E-state index contributed by atoms with van der Waals surface area (Å²) in [7, 11) is 0. The van der Waals surface area contributed by atoms with Crippen LogP contribution in [0.4, 0.5) is 0 Å². The monoisotopic (exact) mass is 102 g/mol. The predicted octanol–water partition coefficient (Wildman–Crippen LogP) is 1.56. The van der Waals surface area contributed by atoms with Gasteiger partial charge in [-0.25, -0.2) is 0 Å². The van der Waals surface area contributed by atoms with Crippen LogP contribution in [-0.4, -0.2) is 5.48 Å². The molecule has 0 spiro atoms. The van der Waals surface area contributed by atoms with Crippen LogP contribution in [0.3, 0.4) is 0 Å².